The molecule has 2 rings (SSSR count). The zero-order valence-electron chi connectivity index (χ0n) is 14.0. The van der Waals surface area contributed by atoms with Crippen molar-refractivity contribution in [3.8, 4) is 16.9 Å². The Bertz CT molecular complexity index is 727. The lowest BCUT2D eigenvalue weighted by Gasteiger charge is -2.19. The molecular weight excluding hydrogens is 322 g/mol. The van der Waals surface area contributed by atoms with Crippen LogP contribution >= 0.6 is 0 Å². The Morgan fingerprint density at radius 2 is 1.56 bits per heavy atom. The second-order valence-electron chi connectivity index (χ2n) is 5.51. The van der Waals surface area contributed by atoms with Gasteiger partial charge >= 0.3 is 0 Å². The molecule has 0 aliphatic heterocycles. The molecule has 0 aliphatic carbocycles. The van der Waals surface area contributed by atoms with Crippen LogP contribution in [0.2, 0.25) is 0 Å². The highest BCUT2D eigenvalue weighted by atomic mass is 16.5. The molecule has 132 valence electrons. The molecule has 2 atom stereocenters. The average Bonchev–Trinajstić information content (AvgIpc) is 2.65. The normalized spacial score (nSPS) is 12.8. The van der Waals surface area contributed by atoms with Crippen LogP contribution in [-0.2, 0) is 4.79 Å². The second-order valence-corrected chi connectivity index (χ2v) is 5.51. The van der Waals surface area contributed by atoms with Gasteiger partial charge in [-0.15, -0.1) is 0 Å². The van der Waals surface area contributed by atoms with Crippen LogP contribution < -0.4 is 21.3 Å². The van der Waals surface area contributed by atoms with E-state index in [1.807, 2.05) is 29.7 Å². The van der Waals surface area contributed by atoms with Gasteiger partial charge in [-0.2, -0.15) is 0 Å². The molecule has 0 aromatic heterocycles. The van der Waals surface area contributed by atoms with Gasteiger partial charge in [0.25, 0.3) is 11.8 Å². The molecule has 0 unspecified atom stereocenters. The third kappa shape index (κ3) is 4.56. The van der Waals surface area contributed by atoms with E-state index in [2.05, 4.69) is 5.32 Å². The number of aliphatic hydroxyl groups excluding tert-OH is 1. The average molecular weight is 343 g/mol. The fraction of sp³-hybridized carbons (Fsp3) is 0.222. The molecular formula is C18H21N3O4. The van der Waals surface area contributed by atoms with E-state index in [-0.39, 0.29) is 0 Å². The first-order chi connectivity index (χ1) is 12.0. The summed E-state index contributed by atoms with van der Waals surface area (Å²) in [4.78, 5) is 23.8. The number of nitrogens with one attached hydrogen (secondary N) is 2. The zero-order chi connectivity index (χ0) is 18.4. The van der Waals surface area contributed by atoms with Gasteiger partial charge in [0.05, 0.1) is 13.2 Å². The number of hydrogen-bond donors (Lipinski definition) is 4. The lowest BCUT2D eigenvalue weighted by atomic mass is 10.0. The van der Waals surface area contributed by atoms with Crippen molar-refractivity contribution >= 4 is 11.8 Å². The van der Waals surface area contributed by atoms with Crippen LogP contribution in [0.25, 0.3) is 11.1 Å². The Kier molecular flexibility index (Phi) is 6.10. The molecule has 0 saturated carbocycles. The number of methoxy groups -OCH3 is 1. The molecule has 0 fully saturated rings. The molecule has 0 saturated heterocycles. The molecule has 0 heterocycles. The van der Waals surface area contributed by atoms with Gasteiger partial charge in [-0.25, -0.2) is 5.84 Å². The van der Waals surface area contributed by atoms with E-state index < -0.39 is 24.0 Å². The molecule has 0 aliphatic rings. The first kappa shape index (κ1) is 18.4. The predicted molar refractivity (Wildman–Crippen MR) is 93.7 cm³/mol. The monoisotopic (exact) mass is 343 g/mol. The molecule has 0 radical (unpaired) electrons. The summed E-state index contributed by atoms with van der Waals surface area (Å²) in [5.41, 5.74) is 4.21. The van der Waals surface area contributed by atoms with Crippen LogP contribution in [0.5, 0.6) is 5.75 Å². The topological polar surface area (TPSA) is 114 Å². The largest absolute Gasteiger partial charge is 0.497 e. The van der Waals surface area contributed by atoms with E-state index >= 15 is 0 Å². The number of benzene rings is 2. The van der Waals surface area contributed by atoms with E-state index in [1.54, 1.807) is 31.4 Å². The molecule has 2 aromatic carbocycles. The summed E-state index contributed by atoms with van der Waals surface area (Å²) >= 11 is 0. The third-order valence-corrected chi connectivity index (χ3v) is 3.76. The van der Waals surface area contributed by atoms with Crippen molar-refractivity contribution < 1.29 is 19.4 Å². The maximum atomic E-state index is 12.3. The van der Waals surface area contributed by atoms with Gasteiger partial charge in [0.15, 0.2) is 0 Å². The van der Waals surface area contributed by atoms with Gasteiger partial charge in [0, 0.05) is 5.56 Å². The SMILES string of the molecule is COc1ccc(-c2ccc(C(=O)N[C@H](C(=O)NN)[C@@H](C)O)cc2)cc1. The quantitative estimate of drug-likeness (QED) is 0.352. The Hall–Kier alpha value is -2.90. The summed E-state index contributed by atoms with van der Waals surface area (Å²) in [5, 5.41) is 12.1. The fourth-order valence-electron chi connectivity index (χ4n) is 2.32. The summed E-state index contributed by atoms with van der Waals surface area (Å²) in [5.74, 6) is 4.68. The number of carbonyl (C=O) groups excluding carboxylic acids is 2. The minimum absolute atomic E-state index is 0.368. The number of carbonyl (C=O) groups is 2. The van der Waals surface area contributed by atoms with Crippen molar-refractivity contribution in [1.82, 2.24) is 10.7 Å². The van der Waals surface area contributed by atoms with Gasteiger partial charge in [-0.1, -0.05) is 24.3 Å². The standard InChI is InChI=1S/C18H21N3O4/c1-11(22)16(18(24)21-19)20-17(23)14-5-3-12(4-6-14)13-7-9-15(25-2)10-8-13/h3-11,16,22H,19H2,1-2H3,(H,20,23)(H,21,24)/t11-,16+/m1/s1. The molecule has 2 amide bonds. The van der Waals surface area contributed by atoms with Crippen LogP contribution in [0, 0.1) is 0 Å². The Labute approximate surface area is 145 Å². The molecule has 2 aromatic rings. The molecule has 0 spiro atoms. The van der Waals surface area contributed by atoms with Crippen LogP contribution in [0.15, 0.2) is 48.5 Å². The van der Waals surface area contributed by atoms with E-state index in [9.17, 15) is 14.7 Å². The lowest BCUT2D eigenvalue weighted by Crippen LogP contribution is -2.54. The van der Waals surface area contributed by atoms with Gasteiger partial charge in [0.2, 0.25) is 0 Å². The fourth-order valence-corrected chi connectivity index (χ4v) is 2.32. The van der Waals surface area contributed by atoms with Crippen LogP contribution in [0.1, 0.15) is 17.3 Å². The number of hydrogen-bond acceptors (Lipinski definition) is 5. The molecule has 0 bridgehead atoms. The van der Waals surface area contributed by atoms with Crippen molar-refractivity contribution in [2.24, 2.45) is 5.84 Å². The van der Waals surface area contributed by atoms with Crippen LogP contribution in [-0.4, -0.2) is 36.2 Å². The van der Waals surface area contributed by atoms with Crippen molar-refractivity contribution in [3.63, 3.8) is 0 Å². The van der Waals surface area contributed by atoms with Crippen molar-refractivity contribution in [2.75, 3.05) is 7.11 Å². The maximum Gasteiger partial charge on any atom is 0.259 e. The third-order valence-electron chi connectivity index (χ3n) is 3.76. The number of rotatable bonds is 6. The Morgan fingerprint density at radius 3 is 2.00 bits per heavy atom. The summed E-state index contributed by atoms with van der Waals surface area (Å²) in [6.45, 7) is 1.40. The highest BCUT2D eigenvalue weighted by Gasteiger charge is 2.25. The van der Waals surface area contributed by atoms with Gasteiger partial charge < -0.3 is 15.2 Å². The van der Waals surface area contributed by atoms with Gasteiger partial charge in [-0.3, -0.25) is 15.0 Å². The van der Waals surface area contributed by atoms with Gasteiger partial charge in [-0.05, 0) is 42.3 Å². The summed E-state index contributed by atoms with van der Waals surface area (Å²) < 4.78 is 5.13. The first-order valence-corrected chi connectivity index (χ1v) is 7.70. The predicted octanol–water partition coefficient (Wildman–Crippen LogP) is 0.831. The van der Waals surface area contributed by atoms with E-state index in [1.165, 1.54) is 6.92 Å². The van der Waals surface area contributed by atoms with E-state index in [0.29, 0.717) is 5.56 Å². The Morgan fingerprint density at radius 1 is 1.04 bits per heavy atom. The van der Waals surface area contributed by atoms with E-state index in [0.717, 1.165) is 16.9 Å². The Balaban J connectivity index is 2.12. The highest BCUT2D eigenvalue weighted by Crippen LogP contribution is 2.22. The number of hydrazine groups is 1. The van der Waals surface area contributed by atoms with Crippen LogP contribution in [0.3, 0.4) is 0 Å². The number of aliphatic hydroxyl groups is 1. The summed E-state index contributed by atoms with van der Waals surface area (Å²) in [7, 11) is 1.61. The smallest absolute Gasteiger partial charge is 0.259 e. The lowest BCUT2D eigenvalue weighted by molar-refractivity contribution is -0.125. The molecule has 7 nitrogen and oxygen atoms in total. The van der Waals surface area contributed by atoms with Gasteiger partial charge in [0.1, 0.15) is 11.8 Å². The number of ether oxygens (including phenoxy) is 1. The second kappa shape index (κ2) is 8.27. The van der Waals surface area contributed by atoms with Crippen molar-refractivity contribution in [1.29, 1.82) is 0 Å². The minimum Gasteiger partial charge on any atom is -0.497 e. The van der Waals surface area contributed by atoms with Crippen molar-refractivity contribution in [3.05, 3.63) is 54.1 Å². The summed E-state index contributed by atoms with van der Waals surface area (Å²) in [6, 6.07) is 13.3. The molecule has 5 N–H and O–H groups in total. The number of nitrogens with two attached hydrogens (primary N) is 1. The molecule has 25 heavy (non-hydrogen) atoms. The first-order valence-electron chi connectivity index (χ1n) is 7.70. The number of amides is 2. The van der Waals surface area contributed by atoms with Crippen LogP contribution in [0.4, 0.5) is 0 Å². The zero-order valence-corrected chi connectivity index (χ0v) is 14.0. The maximum absolute atomic E-state index is 12.3. The highest BCUT2D eigenvalue weighted by molar-refractivity contribution is 5.98. The molecule has 7 heteroatoms. The van der Waals surface area contributed by atoms with E-state index in [4.69, 9.17) is 10.6 Å². The minimum atomic E-state index is -1.13. The summed E-state index contributed by atoms with van der Waals surface area (Å²) in [6.07, 6.45) is -1.08. The van der Waals surface area contributed by atoms with Crippen molar-refractivity contribution in [2.45, 2.75) is 19.1 Å².